The molecular formula is C22H29N3O2. The van der Waals surface area contributed by atoms with Gasteiger partial charge in [-0.15, -0.1) is 0 Å². The summed E-state index contributed by atoms with van der Waals surface area (Å²) in [5.41, 5.74) is 4.04. The van der Waals surface area contributed by atoms with Crippen LogP contribution in [-0.4, -0.2) is 32.7 Å². The standard InChI is InChI=1S/C22H29N3O2/c1-4-6-7-14-25(5-2)19-11-8-17(9-12-19)23-18-10-13-20-21(15-18)27-16-22(26)24(20)3/h8-13,15,23H,4-7,14,16H2,1-3H3. The third-order valence-electron chi connectivity index (χ3n) is 4.98. The molecule has 1 N–H and O–H groups in total. The van der Waals surface area contributed by atoms with Gasteiger partial charge in [0, 0.05) is 43.3 Å². The predicted octanol–water partition coefficient (Wildman–Crippen LogP) is 4.80. The molecule has 5 nitrogen and oxygen atoms in total. The Kier molecular flexibility index (Phi) is 6.22. The summed E-state index contributed by atoms with van der Waals surface area (Å²) in [5.74, 6) is 0.699. The average molecular weight is 367 g/mol. The molecule has 0 aliphatic carbocycles. The lowest BCUT2D eigenvalue weighted by Gasteiger charge is -2.26. The van der Waals surface area contributed by atoms with Gasteiger partial charge < -0.3 is 19.9 Å². The molecule has 0 spiro atoms. The second-order valence-corrected chi connectivity index (χ2v) is 6.88. The molecule has 1 heterocycles. The van der Waals surface area contributed by atoms with Gasteiger partial charge in [0.1, 0.15) is 5.75 Å². The van der Waals surface area contributed by atoms with Crippen LogP contribution in [0.15, 0.2) is 42.5 Å². The second kappa shape index (κ2) is 8.80. The monoisotopic (exact) mass is 367 g/mol. The molecule has 0 bridgehead atoms. The number of amides is 1. The Labute approximate surface area is 161 Å². The average Bonchev–Trinajstić information content (AvgIpc) is 2.69. The van der Waals surface area contributed by atoms with E-state index in [0.717, 1.165) is 35.9 Å². The highest BCUT2D eigenvalue weighted by atomic mass is 16.5. The maximum atomic E-state index is 11.7. The fourth-order valence-electron chi connectivity index (χ4n) is 3.30. The summed E-state index contributed by atoms with van der Waals surface area (Å²) in [6, 6.07) is 14.4. The highest BCUT2D eigenvalue weighted by Gasteiger charge is 2.22. The minimum Gasteiger partial charge on any atom is -0.481 e. The molecule has 0 aromatic heterocycles. The minimum atomic E-state index is -0.0294. The molecule has 3 rings (SSSR count). The largest absolute Gasteiger partial charge is 0.481 e. The van der Waals surface area contributed by atoms with Gasteiger partial charge in [-0.3, -0.25) is 4.79 Å². The number of benzene rings is 2. The van der Waals surface area contributed by atoms with E-state index in [0.29, 0.717) is 0 Å². The number of nitrogens with one attached hydrogen (secondary N) is 1. The van der Waals surface area contributed by atoms with E-state index in [1.54, 1.807) is 11.9 Å². The summed E-state index contributed by atoms with van der Waals surface area (Å²) in [4.78, 5) is 15.8. The summed E-state index contributed by atoms with van der Waals surface area (Å²) in [6.07, 6.45) is 3.75. The van der Waals surface area contributed by atoms with Gasteiger partial charge in [0.25, 0.3) is 5.91 Å². The smallest absolute Gasteiger partial charge is 0.264 e. The summed E-state index contributed by atoms with van der Waals surface area (Å²) >= 11 is 0. The minimum absolute atomic E-state index is 0.0294. The molecule has 27 heavy (non-hydrogen) atoms. The topological polar surface area (TPSA) is 44.8 Å². The molecule has 1 aliphatic heterocycles. The summed E-state index contributed by atoms with van der Waals surface area (Å²) in [6.45, 7) is 6.65. The lowest BCUT2D eigenvalue weighted by Crippen LogP contribution is -2.35. The fourth-order valence-corrected chi connectivity index (χ4v) is 3.30. The number of rotatable bonds is 8. The number of ether oxygens (including phenoxy) is 1. The first kappa shape index (κ1) is 19.1. The van der Waals surface area contributed by atoms with Gasteiger partial charge in [0.15, 0.2) is 6.61 Å². The molecule has 1 amide bonds. The van der Waals surface area contributed by atoms with Gasteiger partial charge >= 0.3 is 0 Å². The van der Waals surface area contributed by atoms with Crippen LogP contribution in [0.4, 0.5) is 22.7 Å². The highest BCUT2D eigenvalue weighted by molar-refractivity contribution is 5.97. The predicted molar refractivity (Wildman–Crippen MR) is 112 cm³/mol. The van der Waals surface area contributed by atoms with Crippen molar-refractivity contribution < 1.29 is 9.53 Å². The van der Waals surface area contributed by atoms with Crippen molar-refractivity contribution in [1.82, 2.24) is 0 Å². The Morgan fingerprint density at radius 3 is 2.52 bits per heavy atom. The lowest BCUT2D eigenvalue weighted by molar-refractivity contribution is -0.120. The number of fused-ring (bicyclic) bond motifs is 1. The Morgan fingerprint density at radius 2 is 1.81 bits per heavy atom. The van der Waals surface area contributed by atoms with Crippen molar-refractivity contribution in [2.75, 3.05) is 41.9 Å². The normalized spacial score (nSPS) is 13.1. The van der Waals surface area contributed by atoms with E-state index in [-0.39, 0.29) is 12.5 Å². The molecule has 0 saturated carbocycles. The zero-order chi connectivity index (χ0) is 19.2. The zero-order valence-corrected chi connectivity index (χ0v) is 16.5. The number of carbonyl (C=O) groups is 1. The van der Waals surface area contributed by atoms with Gasteiger partial charge in [0.05, 0.1) is 5.69 Å². The van der Waals surface area contributed by atoms with E-state index in [4.69, 9.17) is 4.74 Å². The number of unbranched alkanes of at least 4 members (excludes halogenated alkanes) is 2. The molecule has 1 aliphatic rings. The molecule has 144 valence electrons. The van der Waals surface area contributed by atoms with Gasteiger partial charge in [-0.05, 0) is 49.7 Å². The van der Waals surface area contributed by atoms with Crippen LogP contribution in [-0.2, 0) is 4.79 Å². The van der Waals surface area contributed by atoms with Crippen molar-refractivity contribution in [3.8, 4) is 5.75 Å². The van der Waals surface area contributed by atoms with E-state index in [9.17, 15) is 4.79 Å². The number of hydrogen-bond acceptors (Lipinski definition) is 4. The molecule has 2 aromatic rings. The van der Waals surface area contributed by atoms with Crippen molar-refractivity contribution in [1.29, 1.82) is 0 Å². The third-order valence-corrected chi connectivity index (χ3v) is 4.98. The van der Waals surface area contributed by atoms with E-state index in [2.05, 4.69) is 48.3 Å². The number of nitrogens with zero attached hydrogens (tertiary/aromatic N) is 2. The molecule has 0 atom stereocenters. The van der Waals surface area contributed by atoms with E-state index >= 15 is 0 Å². The first-order chi connectivity index (χ1) is 13.1. The first-order valence-corrected chi connectivity index (χ1v) is 9.77. The summed E-state index contributed by atoms with van der Waals surface area (Å²) < 4.78 is 5.56. The number of likely N-dealkylation sites (N-methyl/N-ethyl adjacent to an activating group) is 1. The van der Waals surface area contributed by atoms with Crippen LogP contribution in [0.5, 0.6) is 5.75 Å². The van der Waals surface area contributed by atoms with E-state index < -0.39 is 0 Å². The van der Waals surface area contributed by atoms with Gasteiger partial charge in [-0.2, -0.15) is 0 Å². The quantitative estimate of drug-likeness (QED) is 0.681. The number of carbonyl (C=O) groups excluding carboxylic acids is 1. The van der Waals surface area contributed by atoms with Crippen LogP contribution < -0.4 is 19.9 Å². The Balaban J connectivity index is 1.67. The molecular weight excluding hydrogens is 338 g/mol. The maximum absolute atomic E-state index is 11.7. The fraction of sp³-hybridized carbons (Fsp3) is 0.409. The van der Waals surface area contributed by atoms with Crippen LogP contribution in [0.25, 0.3) is 0 Å². The SMILES string of the molecule is CCCCCN(CC)c1ccc(Nc2ccc3c(c2)OCC(=O)N3C)cc1. The molecule has 0 radical (unpaired) electrons. The Morgan fingerprint density at radius 1 is 1.07 bits per heavy atom. The van der Waals surface area contributed by atoms with Crippen LogP contribution >= 0.6 is 0 Å². The maximum Gasteiger partial charge on any atom is 0.264 e. The van der Waals surface area contributed by atoms with Gasteiger partial charge in [-0.25, -0.2) is 0 Å². The van der Waals surface area contributed by atoms with Crippen molar-refractivity contribution in [2.24, 2.45) is 0 Å². The molecule has 2 aromatic carbocycles. The summed E-state index contributed by atoms with van der Waals surface area (Å²) in [5, 5.41) is 3.41. The van der Waals surface area contributed by atoms with Gasteiger partial charge in [0.2, 0.25) is 0 Å². The zero-order valence-electron chi connectivity index (χ0n) is 16.5. The van der Waals surface area contributed by atoms with Crippen molar-refractivity contribution in [2.45, 2.75) is 33.1 Å². The van der Waals surface area contributed by atoms with Gasteiger partial charge in [-0.1, -0.05) is 19.8 Å². The van der Waals surface area contributed by atoms with E-state index in [1.807, 2.05) is 18.2 Å². The molecule has 0 unspecified atom stereocenters. The molecule has 5 heteroatoms. The summed E-state index contributed by atoms with van der Waals surface area (Å²) in [7, 11) is 1.77. The molecule has 0 saturated heterocycles. The first-order valence-electron chi connectivity index (χ1n) is 9.77. The van der Waals surface area contributed by atoms with Crippen molar-refractivity contribution in [3.63, 3.8) is 0 Å². The number of anilines is 4. The third kappa shape index (κ3) is 4.54. The molecule has 0 fully saturated rings. The van der Waals surface area contributed by atoms with Crippen LogP contribution in [0.3, 0.4) is 0 Å². The lowest BCUT2D eigenvalue weighted by atomic mass is 10.2. The van der Waals surface area contributed by atoms with Crippen LogP contribution in [0, 0.1) is 0 Å². The van der Waals surface area contributed by atoms with Crippen LogP contribution in [0.2, 0.25) is 0 Å². The van der Waals surface area contributed by atoms with E-state index in [1.165, 1.54) is 24.9 Å². The number of hydrogen-bond donors (Lipinski definition) is 1. The second-order valence-electron chi connectivity index (χ2n) is 6.88. The van der Waals surface area contributed by atoms with Crippen molar-refractivity contribution >= 4 is 28.7 Å². The Hall–Kier alpha value is -2.69. The highest BCUT2D eigenvalue weighted by Crippen LogP contribution is 2.34. The Bertz CT molecular complexity index is 774. The van der Waals surface area contributed by atoms with Crippen molar-refractivity contribution in [3.05, 3.63) is 42.5 Å². The van der Waals surface area contributed by atoms with Crippen LogP contribution in [0.1, 0.15) is 33.1 Å².